The van der Waals surface area contributed by atoms with Crippen molar-refractivity contribution >= 4 is 11.6 Å². The van der Waals surface area contributed by atoms with Gasteiger partial charge in [0, 0.05) is 12.1 Å². The van der Waals surface area contributed by atoms with E-state index in [9.17, 15) is 0 Å². The van der Waals surface area contributed by atoms with E-state index in [1.165, 1.54) is 25.6 Å². The monoisotopic (exact) mass is 227 g/mol. The first-order valence-corrected chi connectivity index (χ1v) is 5.56. The summed E-state index contributed by atoms with van der Waals surface area (Å²) in [5.41, 5.74) is 0. The normalized spacial score (nSPS) is 21.3. The molecular formula is C10H14ClN3O. The molecule has 2 heterocycles. The molecule has 1 saturated heterocycles. The zero-order valence-electron chi connectivity index (χ0n) is 8.45. The zero-order valence-corrected chi connectivity index (χ0v) is 9.20. The Morgan fingerprint density at radius 3 is 3.13 bits per heavy atom. The molecule has 15 heavy (non-hydrogen) atoms. The van der Waals surface area contributed by atoms with E-state index in [0.29, 0.717) is 23.7 Å². The van der Waals surface area contributed by atoms with Gasteiger partial charge in [-0.1, -0.05) is 18.0 Å². The number of hydrogen-bond donors (Lipinski definition) is 1. The molecule has 1 aromatic rings. The van der Waals surface area contributed by atoms with E-state index in [1.54, 1.807) is 6.07 Å². The molecule has 0 amide bonds. The van der Waals surface area contributed by atoms with Crippen molar-refractivity contribution in [2.45, 2.75) is 25.3 Å². The summed E-state index contributed by atoms with van der Waals surface area (Å²) in [6, 6.07) is 2.07. The third-order valence-corrected chi connectivity index (χ3v) is 2.66. The highest BCUT2D eigenvalue weighted by Gasteiger charge is 2.13. The molecule has 0 aliphatic carbocycles. The first-order chi connectivity index (χ1) is 7.34. The maximum Gasteiger partial charge on any atom is 0.217 e. The van der Waals surface area contributed by atoms with Gasteiger partial charge in [0.2, 0.25) is 5.88 Å². The third kappa shape index (κ3) is 3.32. The van der Waals surface area contributed by atoms with Crippen LogP contribution in [-0.4, -0.2) is 29.2 Å². The van der Waals surface area contributed by atoms with E-state index in [-0.39, 0.29) is 0 Å². The second-order valence-corrected chi connectivity index (χ2v) is 4.02. The zero-order chi connectivity index (χ0) is 10.5. The molecule has 1 unspecified atom stereocenters. The van der Waals surface area contributed by atoms with Gasteiger partial charge in [-0.15, -0.1) is 0 Å². The number of ether oxygens (including phenoxy) is 1. The quantitative estimate of drug-likeness (QED) is 0.798. The van der Waals surface area contributed by atoms with Crippen molar-refractivity contribution in [2.75, 3.05) is 13.2 Å². The van der Waals surface area contributed by atoms with E-state index in [1.807, 2.05) is 0 Å². The molecule has 82 valence electrons. The second kappa shape index (κ2) is 5.28. The first-order valence-electron chi connectivity index (χ1n) is 5.18. The van der Waals surface area contributed by atoms with E-state index in [0.717, 1.165) is 6.54 Å². The number of nitrogens with one attached hydrogen (secondary N) is 1. The number of halogens is 1. The molecule has 0 aromatic carbocycles. The number of rotatable bonds is 3. The highest BCUT2D eigenvalue weighted by atomic mass is 35.5. The molecule has 2 rings (SSSR count). The van der Waals surface area contributed by atoms with Crippen LogP contribution in [0.4, 0.5) is 0 Å². The smallest absolute Gasteiger partial charge is 0.217 e. The predicted octanol–water partition coefficient (Wildman–Crippen LogP) is 1.65. The summed E-state index contributed by atoms with van der Waals surface area (Å²) < 4.78 is 5.53. The summed E-state index contributed by atoms with van der Waals surface area (Å²) in [4.78, 5) is 7.77. The summed E-state index contributed by atoms with van der Waals surface area (Å²) in [5, 5.41) is 3.82. The van der Waals surface area contributed by atoms with Crippen molar-refractivity contribution in [3.8, 4) is 5.88 Å². The number of piperidine rings is 1. The Bertz CT molecular complexity index is 315. The van der Waals surface area contributed by atoms with Crippen molar-refractivity contribution in [3.05, 3.63) is 17.5 Å². The Balaban J connectivity index is 1.81. The van der Waals surface area contributed by atoms with Crippen LogP contribution in [0.1, 0.15) is 19.3 Å². The summed E-state index contributed by atoms with van der Waals surface area (Å²) >= 11 is 5.72. The van der Waals surface area contributed by atoms with E-state index >= 15 is 0 Å². The van der Waals surface area contributed by atoms with Crippen molar-refractivity contribution in [2.24, 2.45) is 0 Å². The molecule has 4 nitrogen and oxygen atoms in total. The lowest BCUT2D eigenvalue weighted by Crippen LogP contribution is -2.38. The summed E-state index contributed by atoms with van der Waals surface area (Å²) in [6.07, 6.45) is 5.10. The van der Waals surface area contributed by atoms with Gasteiger partial charge in [0.25, 0.3) is 0 Å². The lowest BCUT2D eigenvalue weighted by molar-refractivity contribution is 0.232. The van der Waals surface area contributed by atoms with Gasteiger partial charge < -0.3 is 10.1 Å². The van der Waals surface area contributed by atoms with Crippen LogP contribution in [0.2, 0.25) is 5.15 Å². The van der Waals surface area contributed by atoms with Gasteiger partial charge in [-0.2, -0.15) is 0 Å². The molecule has 1 atom stereocenters. The Morgan fingerprint density at radius 1 is 1.47 bits per heavy atom. The van der Waals surface area contributed by atoms with Gasteiger partial charge in [0.1, 0.15) is 18.1 Å². The summed E-state index contributed by atoms with van der Waals surface area (Å²) in [6.45, 7) is 1.73. The van der Waals surface area contributed by atoms with Crippen molar-refractivity contribution in [3.63, 3.8) is 0 Å². The minimum absolute atomic E-state index is 0.414. The third-order valence-electron chi connectivity index (χ3n) is 2.45. The molecular weight excluding hydrogens is 214 g/mol. The van der Waals surface area contributed by atoms with Crippen molar-refractivity contribution < 1.29 is 4.74 Å². The summed E-state index contributed by atoms with van der Waals surface area (Å²) in [7, 11) is 0. The van der Waals surface area contributed by atoms with Crippen molar-refractivity contribution in [1.82, 2.24) is 15.3 Å². The maximum absolute atomic E-state index is 5.72. The number of aromatic nitrogens is 2. The van der Waals surface area contributed by atoms with Crippen LogP contribution in [0.3, 0.4) is 0 Å². The first kappa shape index (κ1) is 10.6. The number of nitrogens with zero attached hydrogens (tertiary/aromatic N) is 2. The molecule has 1 N–H and O–H groups in total. The van der Waals surface area contributed by atoms with Gasteiger partial charge >= 0.3 is 0 Å². The minimum Gasteiger partial charge on any atom is -0.476 e. The van der Waals surface area contributed by atoms with Gasteiger partial charge in [-0.05, 0) is 19.4 Å². The van der Waals surface area contributed by atoms with Gasteiger partial charge in [-0.3, -0.25) is 0 Å². The molecule has 1 fully saturated rings. The molecule has 0 spiro atoms. The molecule has 5 heteroatoms. The largest absolute Gasteiger partial charge is 0.476 e. The lowest BCUT2D eigenvalue weighted by atomic mass is 10.1. The highest BCUT2D eigenvalue weighted by Crippen LogP contribution is 2.13. The second-order valence-electron chi connectivity index (χ2n) is 3.64. The standard InChI is InChI=1S/C10H14ClN3O/c11-9-5-10(14-7-13-9)15-6-8-3-1-2-4-12-8/h5,7-8,12H,1-4,6H2. The molecule has 1 aromatic heterocycles. The van der Waals surface area contributed by atoms with Gasteiger partial charge in [0.05, 0.1) is 0 Å². The topological polar surface area (TPSA) is 47.0 Å². The number of hydrogen-bond acceptors (Lipinski definition) is 4. The average Bonchev–Trinajstić information content (AvgIpc) is 2.28. The summed E-state index contributed by atoms with van der Waals surface area (Å²) in [5.74, 6) is 0.544. The Hall–Kier alpha value is -0.870. The fourth-order valence-electron chi connectivity index (χ4n) is 1.65. The Morgan fingerprint density at radius 2 is 2.40 bits per heavy atom. The van der Waals surface area contributed by atoms with Crippen molar-refractivity contribution in [1.29, 1.82) is 0 Å². The van der Waals surface area contributed by atoms with E-state index in [2.05, 4.69) is 15.3 Å². The van der Waals surface area contributed by atoms with Crippen LogP contribution in [0, 0.1) is 0 Å². The van der Waals surface area contributed by atoms with Crippen LogP contribution in [0.5, 0.6) is 5.88 Å². The van der Waals surface area contributed by atoms with Crippen LogP contribution < -0.4 is 10.1 Å². The Labute approximate surface area is 94.0 Å². The maximum atomic E-state index is 5.72. The van der Waals surface area contributed by atoms with Gasteiger partial charge in [0.15, 0.2) is 0 Å². The fraction of sp³-hybridized carbons (Fsp3) is 0.600. The van der Waals surface area contributed by atoms with Crippen LogP contribution >= 0.6 is 11.6 Å². The molecule has 0 bridgehead atoms. The molecule has 1 aliphatic rings. The lowest BCUT2D eigenvalue weighted by Gasteiger charge is -2.23. The molecule has 1 aliphatic heterocycles. The fourth-order valence-corrected chi connectivity index (χ4v) is 1.79. The average molecular weight is 228 g/mol. The van der Waals surface area contributed by atoms with Crippen LogP contribution in [0.25, 0.3) is 0 Å². The predicted molar refractivity (Wildman–Crippen MR) is 58.2 cm³/mol. The van der Waals surface area contributed by atoms with Gasteiger partial charge in [-0.25, -0.2) is 9.97 Å². The highest BCUT2D eigenvalue weighted by molar-refractivity contribution is 6.29. The molecule has 0 saturated carbocycles. The minimum atomic E-state index is 0.414. The Kier molecular flexibility index (Phi) is 3.75. The van der Waals surface area contributed by atoms with E-state index < -0.39 is 0 Å². The molecule has 0 radical (unpaired) electrons. The van der Waals surface area contributed by atoms with Crippen LogP contribution in [-0.2, 0) is 0 Å². The van der Waals surface area contributed by atoms with E-state index in [4.69, 9.17) is 16.3 Å². The van der Waals surface area contributed by atoms with Crippen LogP contribution in [0.15, 0.2) is 12.4 Å². The SMILES string of the molecule is Clc1cc(OCC2CCCCN2)ncn1.